The zero-order valence-electron chi connectivity index (χ0n) is 19.4. The lowest BCUT2D eigenvalue weighted by Gasteiger charge is -2.32. The van der Waals surface area contributed by atoms with Gasteiger partial charge in [-0.1, -0.05) is 34.1 Å². The Kier molecular flexibility index (Phi) is 9.30. The molecule has 1 N–H and O–H groups in total. The molecule has 0 radical (unpaired) electrons. The number of amides is 2. The lowest BCUT2D eigenvalue weighted by molar-refractivity contribution is -0.139. The Morgan fingerprint density at radius 2 is 1.73 bits per heavy atom. The van der Waals surface area contributed by atoms with Gasteiger partial charge in [0, 0.05) is 17.1 Å². The Hall–Kier alpha value is -2.59. The minimum Gasteiger partial charge on any atom is -0.497 e. The number of hydrogen-bond donors (Lipinski definition) is 1. The van der Waals surface area contributed by atoms with E-state index in [4.69, 9.17) is 4.74 Å². The summed E-state index contributed by atoms with van der Waals surface area (Å²) in [6, 6.07) is 12.9. The lowest BCUT2D eigenvalue weighted by atomic mass is 10.1. The molecular formula is C23H30BrN3O5S. The zero-order valence-corrected chi connectivity index (χ0v) is 21.8. The molecule has 8 nitrogen and oxygen atoms in total. The summed E-state index contributed by atoms with van der Waals surface area (Å²) in [6.07, 6.45) is 1.05. The lowest BCUT2D eigenvalue weighted by Crippen LogP contribution is -2.52. The number of nitrogens with one attached hydrogen (secondary N) is 1. The number of benzene rings is 2. The van der Waals surface area contributed by atoms with Crippen molar-refractivity contribution in [3.63, 3.8) is 0 Å². The molecule has 0 heterocycles. The van der Waals surface area contributed by atoms with Gasteiger partial charge in [0.15, 0.2) is 0 Å². The van der Waals surface area contributed by atoms with E-state index in [1.165, 1.54) is 4.90 Å². The van der Waals surface area contributed by atoms with Crippen molar-refractivity contribution in [3.05, 3.63) is 58.6 Å². The fourth-order valence-electron chi connectivity index (χ4n) is 3.16. The monoisotopic (exact) mass is 539 g/mol. The molecule has 2 amide bonds. The van der Waals surface area contributed by atoms with Crippen LogP contribution >= 0.6 is 15.9 Å². The van der Waals surface area contributed by atoms with Gasteiger partial charge in [0.2, 0.25) is 21.8 Å². The maximum atomic E-state index is 13.4. The molecule has 0 aliphatic carbocycles. The van der Waals surface area contributed by atoms with Crippen LogP contribution in [0.4, 0.5) is 5.69 Å². The number of methoxy groups -OCH3 is 1. The average molecular weight is 540 g/mol. The first-order valence-corrected chi connectivity index (χ1v) is 13.0. The molecular weight excluding hydrogens is 510 g/mol. The Balaban J connectivity index is 2.38. The molecule has 0 saturated heterocycles. The van der Waals surface area contributed by atoms with Crippen molar-refractivity contribution in [2.75, 3.05) is 24.2 Å². The summed E-state index contributed by atoms with van der Waals surface area (Å²) in [7, 11) is -2.20. The zero-order chi connectivity index (χ0) is 24.8. The summed E-state index contributed by atoms with van der Waals surface area (Å²) in [4.78, 5) is 27.5. The maximum absolute atomic E-state index is 13.4. The molecule has 0 aliphatic heterocycles. The van der Waals surface area contributed by atoms with Crippen molar-refractivity contribution in [2.24, 2.45) is 0 Å². The number of ether oxygens (including phenoxy) is 1. The molecule has 0 unspecified atom stereocenters. The minimum absolute atomic E-state index is 0.105. The van der Waals surface area contributed by atoms with Gasteiger partial charge in [-0.2, -0.15) is 0 Å². The molecule has 0 saturated carbocycles. The van der Waals surface area contributed by atoms with Crippen LogP contribution in [0.1, 0.15) is 26.3 Å². The van der Waals surface area contributed by atoms with E-state index in [1.807, 2.05) is 13.8 Å². The molecule has 0 spiro atoms. The second-order valence-corrected chi connectivity index (χ2v) is 10.8. The van der Waals surface area contributed by atoms with E-state index in [0.717, 1.165) is 16.1 Å². The van der Waals surface area contributed by atoms with Crippen LogP contribution in [0.15, 0.2) is 53.0 Å². The summed E-state index contributed by atoms with van der Waals surface area (Å²) in [5, 5.41) is 2.81. The van der Waals surface area contributed by atoms with Crippen molar-refractivity contribution in [1.82, 2.24) is 10.2 Å². The SMILES string of the molecule is COc1ccc(CN(C(=O)CN(c2cccc(Br)c2)S(C)(=O)=O)[C@H](C)C(=O)NC(C)C)cc1. The summed E-state index contributed by atoms with van der Waals surface area (Å²) in [5.41, 5.74) is 1.13. The fraction of sp³-hybridized carbons (Fsp3) is 0.391. The van der Waals surface area contributed by atoms with Gasteiger partial charge in [-0.15, -0.1) is 0 Å². The number of halogens is 1. The fourth-order valence-corrected chi connectivity index (χ4v) is 4.39. The number of carbonyl (C=O) groups is 2. The van der Waals surface area contributed by atoms with E-state index in [0.29, 0.717) is 15.9 Å². The third-order valence-electron chi connectivity index (χ3n) is 4.89. The van der Waals surface area contributed by atoms with Crippen LogP contribution < -0.4 is 14.4 Å². The van der Waals surface area contributed by atoms with Crippen molar-refractivity contribution < 1.29 is 22.7 Å². The molecule has 1 atom stereocenters. The molecule has 0 fully saturated rings. The van der Waals surface area contributed by atoms with Crippen molar-refractivity contribution in [3.8, 4) is 5.75 Å². The van der Waals surface area contributed by atoms with Gasteiger partial charge in [0.05, 0.1) is 19.1 Å². The summed E-state index contributed by atoms with van der Waals surface area (Å²) >= 11 is 3.33. The van der Waals surface area contributed by atoms with Crippen molar-refractivity contribution in [1.29, 1.82) is 0 Å². The van der Waals surface area contributed by atoms with Gasteiger partial charge in [-0.05, 0) is 56.7 Å². The van der Waals surface area contributed by atoms with Crippen molar-refractivity contribution in [2.45, 2.75) is 39.4 Å². The van der Waals surface area contributed by atoms with Gasteiger partial charge < -0.3 is 15.0 Å². The predicted octanol–water partition coefficient (Wildman–Crippen LogP) is 3.17. The molecule has 10 heteroatoms. The van der Waals surface area contributed by atoms with Crippen molar-refractivity contribution >= 4 is 43.5 Å². The van der Waals surface area contributed by atoms with E-state index < -0.39 is 28.5 Å². The molecule has 0 bridgehead atoms. The van der Waals surface area contributed by atoms with Gasteiger partial charge >= 0.3 is 0 Å². The summed E-state index contributed by atoms with van der Waals surface area (Å²) < 4.78 is 31.9. The number of nitrogens with zero attached hydrogens (tertiary/aromatic N) is 2. The Morgan fingerprint density at radius 3 is 2.24 bits per heavy atom. The maximum Gasteiger partial charge on any atom is 0.244 e. The van der Waals surface area contributed by atoms with Crippen LogP contribution in [0.25, 0.3) is 0 Å². The first kappa shape index (κ1) is 26.7. The molecule has 0 aliphatic rings. The number of anilines is 1. The highest BCUT2D eigenvalue weighted by Crippen LogP contribution is 2.23. The second kappa shape index (κ2) is 11.5. The quantitative estimate of drug-likeness (QED) is 0.500. The molecule has 2 aromatic rings. The van der Waals surface area contributed by atoms with Crippen LogP contribution in [0.3, 0.4) is 0 Å². The van der Waals surface area contributed by atoms with Crippen LogP contribution in [0.5, 0.6) is 5.75 Å². The number of hydrogen-bond acceptors (Lipinski definition) is 5. The molecule has 2 rings (SSSR count). The van der Waals surface area contributed by atoms with Gasteiger partial charge in [0.1, 0.15) is 18.3 Å². The van der Waals surface area contributed by atoms with Crippen LogP contribution in [-0.4, -0.2) is 57.1 Å². The van der Waals surface area contributed by atoms with Gasteiger partial charge in [-0.25, -0.2) is 8.42 Å². The number of rotatable bonds is 10. The molecule has 180 valence electrons. The third kappa shape index (κ3) is 7.75. The van der Waals surface area contributed by atoms with Crippen LogP contribution in [-0.2, 0) is 26.2 Å². The average Bonchev–Trinajstić information content (AvgIpc) is 2.74. The highest BCUT2D eigenvalue weighted by atomic mass is 79.9. The first-order chi connectivity index (χ1) is 15.4. The molecule has 2 aromatic carbocycles. The Labute approximate surface area is 204 Å². The van der Waals surface area contributed by atoms with E-state index in [1.54, 1.807) is 62.6 Å². The van der Waals surface area contributed by atoms with E-state index in [2.05, 4.69) is 21.2 Å². The summed E-state index contributed by atoms with van der Waals surface area (Å²) in [5.74, 6) is -0.150. The Bertz CT molecular complexity index is 1070. The highest BCUT2D eigenvalue weighted by molar-refractivity contribution is 9.10. The smallest absolute Gasteiger partial charge is 0.244 e. The van der Waals surface area contributed by atoms with Gasteiger partial charge in [-0.3, -0.25) is 13.9 Å². The largest absolute Gasteiger partial charge is 0.497 e. The van der Waals surface area contributed by atoms with Crippen LogP contribution in [0, 0.1) is 0 Å². The van der Waals surface area contributed by atoms with Gasteiger partial charge in [0.25, 0.3) is 0 Å². The van der Waals surface area contributed by atoms with E-state index in [9.17, 15) is 18.0 Å². The highest BCUT2D eigenvalue weighted by Gasteiger charge is 2.30. The number of sulfonamides is 1. The number of carbonyl (C=O) groups excluding carboxylic acids is 2. The normalized spacial score (nSPS) is 12.2. The van der Waals surface area contributed by atoms with E-state index >= 15 is 0 Å². The van der Waals surface area contributed by atoms with E-state index in [-0.39, 0.29) is 18.5 Å². The second-order valence-electron chi connectivity index (χ2n) is 7.96. The summed E-state index contributed by atoms with van der Waals surface area (Å²) in [6.45, 7) is 4.98. The molecule has 33 heavy (non-hydrogen) atoms. The van der Waals surface area contributed by atoms with Crippen LogP contribution in [0.2, 0.25) is 0 Å². The Morgan fingerprint density at radius 1 is 1.09 bits per heavy atom. The first-order valence-electron chi connectivity index (χ1n) is 10.4. The minimum atomic E-state index is -3.76. The predicted molar refractivity (Wildman–Crippen MR) is 133 cm³/mol. The third-order valence-corrected chi connectivity index (χ3v) is 6.52. The molecule has 0 aromatic heterocycles. The topological polar surface area (TPSA) is 96.0 Å². The standard InChI is InChI=1S/C23H30BrN3O5S/c1-16(2)25-23(29)17(3)26(14-18-9-11-21(32-4)12-10-18)22(28)15-27(33(5,30)31)20-8-6-7-19(24)13-20/h6-13,16-17H,14-15H2,1-5H3,(H,25,29)/t17-/m1/s1.